The highest BCUT2D eigenvalue weighted by Crippen LogP contribution is 2.20. The van der Waals surface area contributed by atoms with Gasteiger partial charge in [-0.25, -0.2) is 0 Å². The Kier molecular flexibility index (Phi) is 7.87. The first kappa shape index (κ1) is 15.9. The average molecular weight is 256 g/mol. The Labute approximate surface area is 113 Å². The molecule has 1 fully saturated rings. The highest BCUT2D eigenvalue weighted by Gasteiger charge is 2.23. The van der Waals surface area contributed by atoms with Crippen molar-refractivity contribution in [2.75, 3.05) is 33.4 Å². The zero-order valence-corrected chi connectivity index (χ0v) is 12.7. The van der Waals surface area contributed by atoms with Gasteiger partial charge in [0.1, 0.15) is 0 Å². The van der Waals surface area contributed by atoms with Gasteiger partial charge in [-0.05, 0) is 45.1 Å². The first-order valence-electron chi connectivity index (χ1n) is 7.67. The number of hydrogen-bond acceptors (Lipinski definition) is 3. The fourth-order valence-electron chi connectivity index (χ4n) is 3.17. The fourth-order valence-corrected chi connectivity index (χ4v) is 3.17. The lowest BCUT2D eigenvalue weighted by atomic mass is 9.92. The molecule has 0 bridgehead atoms. The van der Waals surface area contributed by atoms with Crippen LogP contribution in [-0.2, 0) is 4.74 Å². The van der Waals surface area contributed by atoms with Gasteiger partial charge in [-0.15, -0.1) is 0 Å². The minimum Gasteiger partial charge on any atom is -0.383 e. The van der Waals surface area contributed by atoms with Crippen molar-refractivity contribution in [2.45, 2.75) is 58.5 Å². The zero-order chi connectivity index (χ0) is 13.4. The molecule has 0 aromatic carbocycles. The van der Waals surface area contributed by atoms with Gasteiger partial charge in [0, 0.05) is 32.3 Å². The first-order chi connectivity index (χ1) is 8.71. The summed E-state index contributed by atoms with van der Waals surface area (Å²) in [6, 6.07) is 1.42. The molecule has 18 heavy (non-hydrogen) atoms. The van der Waals surface area contributed by atoms with Crippen molar-refractivity contribution < 1.29 is 4.74 Å². The van der Waals surface area contributed by atoms with Crippen LogP contribution in [0.15, 0.2) is 0 Å². The third-order valence-corrected chi connectivity index (χ3v) is 4.27. The van der Waals surface area contributed by atoms with Gasteiger partial charge in [0.2, 0.25) is 0 Å². The molecule has 1 aliphatic heterocycles. The van der Waals surface area contributed by atoms with Crippen LogP contribution < -0.4 is 5.32 Å². The Morgan fingerprint density at radius 1 is 1.33 bits per heavy atom. The van der Waals surface area contributed by atoms with Crippen molar-refractivity contribution >= 4 is 0 Å². The second-order valence-electron chi connectivity index (χ2n) is 5.70. The van der Waals surface area contributed by atoms with Gasteiger partial charge in [0.25, 0.3) is 0 Å². The molecule has 108 valence electrons. The smallest absolute Gasteiger partial charge is 0.0589 e. The van der Waals surface area contributed by atoms with Crippen molar-refractivity contribution in [2.24, 2.45) is 5.92 Å². The van der Waals surface area contributed by atoms with Gasteiger partial charge in [-0.1, -0.05) is 13.8 Å². The number of ether oxygens (including phenoxy) is 1. The molecular weight excluding hydrogens is 224 g/mol. The first-order valence-corrected chi connectivity index (χ1v) is 7.67. The number of rotatable bonds is 8. The molecule has 1 saturated heterocycles. The molecular formula is C15H32N2O. The summed E-state index contributed by atoms with van der Waals surface area (Å²) in [4.78, 5) is 2.66. The minimum absolute atomic E-state index is 0.690. The number of piperidine rings is 1. The normalized spacial score (nSPS) is 25.0. The average Bonchev–Trinajstić information content (AvgIpc) is 2.37. The van der Waals surface area contributed by atoms with Gasteiger partial charge >= 0.3 is 0 Å². The molecule has 1 N–H and O–H groups in total. The molecule has 2 unspecified atom stereocenters. The van der Waals surface area contributed by atoms with E-state index in [0.29, 0.717) is 6.04 Å². The van der Waals surface area contributed by atoms with Gasteiger partial charge in [0.05, 0.1) is 6.61 Å². The molecule has 1 rings (SSSR count). The number of nitrogens with zero attached hydrogens (tertiary/aromatic N) is 1. The molecule has 2 atom stereocenters. The SMILES string of the molecule is CCC(CC)N(CCOC)CC1CCNC(C)C1. The summed E-state index contributed by atoms with van der Waals surface area (Å²) in [5.74, 6) is 0.860. The Morgan fingerprint density at radius 2 is 2.06 bits per heavy atom. The predicted molar refractivity (Wildman–Crippen MR) is 78.0 cm³/mol. The van der Waals surface area contributed by atoms with E-state index in [4.69, 9.17) is 4.74 Å². The van der Waals surface area contributed by atoms with Crippen molar-refractivity contribution in [3.05, 3.63) is 0 Å². The highest BCUT2D eigenvalue weighted by molar-refractivity contribution is 4.80. The third kappa shape index (κ3) is 5.25. The summed E-state index contributed by atoms with van der Waals surface area (Å²) in [5.41, 5.74) is 0. The van der Waals surface area contributed by atoms with E-state index in [1.165, 1.54) is 38.8 Å². The van der Waals surface area contributed by atoms with Crippen LogP contribution in [0, 0.1) is 5.92 Å². The van der Waals surface area contributed by atoms with E-state index in [2.05, 4.69) is 31.0 Å². The summed E-state index contributed by atoms with van der Waals surface area (Å²) < 4.78 is 5.27. The second kappa shape index (κ2) is 8.89. The van der Waals surface area contributed by atoms with Crippen molar-refractivity contribution in [1.29, 1.82) is 0 Å². The van der Waals surface area contributed by atoms with Crippen LogP contribution in [0.25, 0.3) is 0 Å². The number of methoxy groups -OCH3 is 1. The molecule has 1 aliphatic rings. The van der Waals surface area contributed by atoms with Crippen LogP contribution in [0.2, 0.25) is 0 Å². The van der Waals surface area contributed by atoms with Crippen LogP contribution in [0.5, 0.6) is 0 Å². The van der Waals surface area contributed by atoms with Crippen LogP contribution in [0.3, 0.4) is 0 Å². The van der Waals surface area contributed by atoms with Gasteiger partial charge in [-0.3, -0.25) is 4.90 Å². The summed E-state index contributed by atoms with van der Waals surface area (Å²) in [7, 11) is 1.80. The maximum absolute atomic E-state index is 5.27. The van der Waals surface area contributed by atoms with E-state index in [1.807, 2.05) is 0 Å². The quantitative estimate of drug-likeness (QED) is 0.722. The zero-order valence-electron chi connectivity index (χ0n) is 12.7. The molecule has 0 spiro atoms. The van der Waals surface area contributed by atoms with E-state index in [9.17, 15) is 0 Å². The molecule has 0 saturated carbocycles. The monoisotopic (exact) mass is 256 g/mol. The van der Waals surface area contributed by atoms with Gasteiger partial charge in [-0.2, -0.15) is 0 Å². The molecule has 1 heterocycles. The van der Waals surface area contributed by atoms with E-state index < -0.39 is 0 Å². The Bertz CT molecular complexity index is 207. The molecule has 3 heteroatoms. The van der Waals surface area contributed by atoms with Crippen LogP contribution >= 0.6 is 0 Å². The van der Waals surface area contributed by atoms with Gasteiger partial charge in [0.15, 0.2) is 0 Å². The maximum Gasteiger partial charge on any atom is 0.0589 e. The van der Waals surface area contributed by atoms with Crippen molar-refractivity contribution in [1.82, 2.24) is 10.2 Å². The van der Waals surface area contributed by atoms with Crippen molar-refractivity contribution in [3.8, 4) is 0 Å². The van der Waals surface area contributed by atoms with Crippen LogP contribution in [-0.4, -0.2) is 50.3 Å². The lowest BCUT2D eigenvalue weighted by Gasteiger charge is -2.36. The van der Waals surface area contributed by atoms with E-state index in [1.54, 1.807) is 7.11 Å². The Balaban J connectivity index is 2.47. The van der Waals surface area contributed by atoms with E-state index >= 15 is 0 Å². The largest absolute Gasteiger partial charge is 0.383 e. The standard InChI is InChI=1S/C15H32N2O/c1-5-15(6-2)17(9-10-18-4)12-14-7-8-16-13(3)11-14/h13-16H,5-12H2,1-4H3. The predicted octanol–water partition coefficient (Wildman–Crippen LogP) is 2.51. The lowest BCUT2D eigenvalue weighted by Crippen LogP contribution is -2.44. The van der Waals surface area contributed by atoms with Crippen molar-refractivity contribution in [3.63, 3.8) is 0 Å². The lowest BCUT2D eigenvalue weighted by molar-refractivity contribution is 0.0923. The minimum atomic E-state index is 0.690. The van der Waals surface area contributed by atoms with E-state index in [0.717, 1.165) is 25.1 Å². The molecule has 0 aromatic heterocycles. The summed E-state index contributed by atoms with van der Waals surface area (Å²) in [6.45, 7) is 11.3. The fraction of sp³-hybridized carbons (Fsp3) is 1.00. The van der Waals surface area contributed by atoms with E-state index in [-0.39, 0.29) is 0 Å². The topological polar surface area (TPSA) is 24.5 Å². The number of hydrogen-bond donors (Lipinski definition) is 1. The third-order valence-electron chi connectivity index (χ3n) is 4.27. The molecule has 0 aromatic rings. The summed E-state index contributed by atoms with van der Waals surface area (Å²) in [6.07, 6.45) is 5.15. The van der Waals surface area contributed by atoms with Crippen LogP contribution in [0.4, 0.5) is 0 Å². The summed E-state index contributed by atoms with van der Waals surface area (Å²) in [5, 5.41) is 3.54. The Morgan fingerprint density at radius 3 is 2.61 bits per heavy atom. The highest BCUT2D eigenvalue weighted by atomic mass is 16.5. The molecule has 0 amide bonds. The summed E-state index contributed by atoms with van der Waals surface area (Å²) >= 11 is 0. The maximum atomic E-state index is 5.27. The molecule has 3 nitrogen and oxygen atoms in total. The molecule has 0 radical (unpaired) electrons. The Hall–Kier alpha value is -0.120. The van der Waals surface area contributed by atoms with Crippen LogP contribution in [0.1, 0.15) is 46.5 Å². The van der Waals surface area contributed by atoms with Gasteiger partial charge < -0.3 is 10.1 Å². The second-order valence-corrected chi connectivity index (χ2v) is 5.70. The molecule has 0 aliphatic carbocycles. The number of nitrogens with one attached hydrogen (secondary N) is 1.